The van der Waals surface area contributed by atoms with Gasteiger partial charge in [-0.05, 0) is 19.4 Å². The fourth-order valence-corrected chi connectivity index (χ4v) is 1.13. The average molecular weight is 136 g/mol. The first-order chi connectivity index (χ1) is 4.63. The normalized spacial score (nSPS) is 13.4. The van der Waals surface area contributed by atoms with Crippen molar-refractivity contribution in [2.75, 3.05) is 0 Å². The number of aromatic nitrogens is 1. The first-order valence-electron chi connectivity index (χ1n) is 3.22. The molecule has 54 valence electrons. The summed E-state index contributed by atoms with van der Waals surface area (Å²) in [5.41, 5.74) is 7.60. The number of hydrogen-bond donors (Lipinski definition) is 2. The van der Waals surface area contributed by atoms with Gasteiger partial charge in [0.15, 0.2) is 0 Å². The molecule has 1 aromatic heterocycles. The Morgan fingerprint density at radius 3 is 2.50 bits per heavy atom. The van der Waals surface area contributed by atoms with Crippen molar-refractivity contribution in [3.8, 4) is 0 Å². The van der Waals surface area contributed by atoms with Gasteiger partial charge in [0.05, 0.1) is 0 Å². The predicted molar refractivity (Wildman–Crippen MR) is 43.6 cm³/mol. The summed E-state index contributed by atoms with van der Waals surface area (Å²) >= 11 is 0. The van der Waals surface area contributed by atoms with Crippen LogP contribution in [0.5, 0.6) is 0 Å². The summed E-state index contributed by atoms with van der Waals surface area (Å²) in [5.74, 6) is 0. The molecule has 0 atom stereocenters. The fraction of sp³-hybridized carbons (Fsp3) is 0.250. The van der Waals surface area contributed by atoms with Gasteiger partial charge in [-0.2, -0.15) is 0 Å². The van der Waals surface area contributed by atoms with Crippen molar-refractivity contribution in [2.24, 2.45) is 5.73 Å². The van der Waals surface area contributed by atoms with Gasteiger partial charge in [0.25, 0.3) is 0 Å². The second-order valence-corrected chi connectivity index (χ2v) is 2.51. The van der Waals surface area contributed by atoms with Gasteiger partial charge in [-0.25, -0.2) is 0 Å². The van der Waals surface area contributed by atoms with Crippen molar-refractivity contribution in [3.63, 3.8) is 0 Å². The molecule has 1 aromatic rings. The van der Waals surface area contributed by atoms with Crippen LogP contribution < -0.4 is 16.3 Å². The van der Waals surface area contributed by atoms with Crippen molar-refractivity contribution < 1.29 is 0 Å². The van der Waals surface area contributed by atoms with E-state index >= 15 is 0 Å². The molecular formula is C8H12N2. The van der Waals surface area contributed by atoms with E-state index in [0.29, 0.717) is 0 Å². The summed E-state index contributed by atoms with van der Waals surface area (Å²) in [7, 11) is 0. The lowest BCUT2D eigenvalue weighted by molar-refractivity contribution is 1.31. The molecule has 0 saturated carbocycles. The maximum absolute atomic E-state index is 5.62. The second-order valence-electron chi connectivity index (χ2n) is 2.51. The van der Waals surface area contributed by atoms with Crippen LogP contribution in [0.3, 0.4) is 0 Å². The van der Waals surface area contributed by atoms with E-state index < -0.39 is 0 Å². The third kappa shape index (κ3) is 0.923. The molecule has 1 heterocycles. The summed E-state index contributed by atoms with van der Waals surface area (Å²) < 4.78 is 0. The molecule has 0 amide bonds. The summed E-state index contributed by atoms with van der Waals surface area (Å²) in [5, 5.41) is 1.96. The molecule has 0 aliphatic heterocycles. The SMILES string of the molecule is C=c1[nH]cc(C)/c1=C(/C)N. The topological polar surface area (TPSA) is 41.8 Å². The maximum atomic E-state index is 5.62. The molecule has 0 saturated heterocycles. The Kier molecular flexibility index (Phi) is 1.53. The number of hydrogen-bond acceptors (Lipinski definition) is 1. The number of nitrogens with two attached hydrogens (primary N) is 1. The van der Waals surface area contributed by atoms with Gasteiger partial charge in [-0.1, -0.05) is 6.58 Å². The van der Waals surface area contributed by atoms with E-state index in [0.717, 1.165) is 21.8 Å². The number of aromatic amines is 1. The van der Waals surface area contributed by atoms with Crippen LogP contribution in [0, 0.1) is 6.92 Å². The van der Waals surface area contributed by atoms with Crippen LogP contribution in [0.15, 0.2) is 6.20 Å². The lowest BCUT2D eigenvalue weighted by atomic mass is 10.2. The Bertz CT molecular complexity index is 329. The highest BCUT2D eigenvalue weighted by Gasteiger charge is 1.92. The van der Waals surface area contributed by atoms with Crippen molar-refractivity contribution >= 4 is 12.3 Å². The molecule has 3 N–H and O–H groups in total. The minimum Gasteiger partial charge on any atom is -0.402 e. The number of nitrogens with one attached hydrogen (secondary N) is 1. The minimum absolute atomic E-state index is 0.823. The lowest BCUT2D eigenvalue weighted by Crippen LogP contribution is -2.27. The predicted octanol–water partition coefficient (Wildman–Crippen LogP) is -0.180. The van der Waals surface area contributed by atoms with E-state index in [-0.39, 0.29) is 0 Å². The van der Waals surface area contributed by atoms with Crippen LogP contribution in [0.1, 0.15) is 12.5 Å². The molecule has 0 aromatic carbocycles. The Hall–Kier alpha value is -1.18. The van der Waals surface area contributed by atoms with Crippen LogP contribution in [-0.2, 0) is 0 Å². The largest absolute Gasteiger partial charge is 0.402 e. The highest BCUT2D eigenvalue weighted by Crippen LogP contribution is 1.81. The van der Waals surface area contributed by atoms with E-state index in [4.69, 9.17) is 5.73 Å². The quantitative estimate of drug-likeness (QED) is 0.510. The van der Waals surface area contributed by atoms with Gasteiger partial charge in [0.2, 0.25) is 0 Å². The zero-order chi connectivity index (χ0) is 7.72. The molecule has 0 aliphatic rings. The van der Waals surface area contributed by atoms with Gasteiger partial charge in [-0.15, -0.1) is 0 Å². The van der Waals surface area contributed by atoms with Crippen LogP contribution >= 0.6 is 0 Å². The Morgan fingerprint density at radius 2 is 2.30 bits per heavy atom. The highest BCUT2D eigenvalue weighted by atomic mass is 14.7. The number of rotatable bonds is 0. The van der Waals surface area contributed by atoms with Crippen LogP contribution in [-0.4, -0.2) is 4.98 Å². The van der Waals surface area contributed by atoms with Gasteiger partial charge >= 0.3 is 0 Å². The van der Waals surface area contributed by atoms with Crippen LogP contribution in [0.4, 0.5) is 0 Å². The fourth-order valence-electron chi connectivity index (χ4n) is 1.13. The second kappa shape index (κ2) is 2.21. The summed E-state index contributed by atoms with van der Waals surface area (Å²) in [6, 6.07) is 0. The molecule has 1 rings (SSSR count). The standard InChI is InChI=1S/C8H12N2/c1-5-4-10-7(3)8(5)6(2)9/h4,10H,3,9H2,1-2H3/b8-6+. The lowest BCUT2D eigenvalue weighted by Gasteiger charge is -1.87. The number of aryl methyl sites for hydroxylation is 1. The Balaban J connectivity index is 3.70. The molecule has 0 fully saturated rings. The number of H-pyrrole nitrogens is 1. The van der Waals surface area contributed by atoms with Gasteiger partial charge in [0, 0.05) is 22.5 Å². The average Bonchev–Trinajstić information content (AvgIpc) is 2.11. The minimum atomic E-state index is 0.823. The molecule has 10 heavy (non-hydrogen) atoms. The molecule has 2 heteroatoms. The molecule has 0 bridgehead atoms. The van der Waals surface area contributed by atoms with E-state index in [1.807, 2.05) is 20.0 Å². The monoisotopic (exact) mass is 136 g/mol. The molecule has 0 spiro atoms. The summed E-state index contributed by atoms with van der Waals surface area (Å²) in [4.78, 5) is 3.01. The van der Waals surface area contributed by atoms with Gasteiger partial charge in [0.1, 0.15) is 0 Å². The van der Waals surface area contributed by atoms with E-state index in [9.17, 15) is 0 Å². The third-order valence-electron chi connectivity index (χ3n) is 1.55. The molecular weight excluding hydrogens is 124 g/mol. The van der Waals surface area contributed by atoms with Crippen LogP contribution in [0.2, 0.25) is 0 Å². The third-order valence-corrected chi connectivity index (χ3v) is 1.55. The van der Waals surface area contributed by atoms with Crippen molar-refractivity contribution in [3.05, 3.63) is 22.3 Å². The molecule has 2 nitrogen and oxygen atoms in total. The van der Waals surface area contributed by atoms with E-state index in [1.165, 1.54) is 0 Å². The van der Waals surface area contributed by atoms with Crippen molar-refractivity contribution in [1.82, 2.24) is 4.98 Å². The smallest absolute Gasteiger partial charge is 0.0401 e. The Morgan fingerprint density at radius 1 is 1.70 bits per heavy atom. The summed E-state index contributed by atoms with van der Waals surface area (Å²) in [6.45, 7) is 7.70. The maximum Gasteiger partial charge on any atom is 0.0401 e. The van der Waals surface area contributed by atoms with Gasteiger partial charge < -0.3 is 10.7 Å². The summed E-state index contributed by atoms with van der Waals surface area (Å²) in [6.07, 6.45) is 1.91. The van der Waals surface area contributed by atoms with E-state index in [1.54, 1.807) is 0 Å². The first-order valence-corrected chi connectivity index (χ1v) is 3.22. The highest BCUT2D eigenvalue weighted by molar-refractivity contribution is 5.40. The Labute approximate surface area is 60.1 Å². The van der Waals surface area contributed by atoms with E-state index in [2.05, 4.69) is 11.6 Å². The zero-order valence-corrected chi connectivity index (χ0v) is 6.36. The molecule has 0 unspecified atom stereocenters. The first kappa shape index (κ1) is 6.93. The molecule has 0 radical (unpaired) electrons. The van der Waals surface area contributed by atoms with Crippen LogP contribution in [0.25, 0.3) is 12.3 Å². The van der Waals surface area contributed by atoms with Gasteiger partial charge in [-0.3, -0.25) is 0 Å². The van der Waals surface area contributed by atoms with Crippen molar-refractivity contribution in [1.29, 1.82) is 0 Å². The zero-order valence-electron chi connectivity index (χ0n) is 6.36. The van der Waals surface area contributed by atoms with Crippen molar-refractivity contribution in [2.45, 2.75) is 13.8 Å². The molecule has 0 aliphatic carbocycles.